The molecule has 6 nitrogen and oxygen atoms in total. The van der Waals surface area contributed by atoms with Gasteiger partial charge in [0.25, 0.3) is 5.69 Å². The molecule has 0 heterocycles. The number of nitro benzene ring substituents is 1. The summed E-state index contributed by atoms with van der Waals surface area (Å²) in [4.78, 5) is 22.4. The Labute approximate surface area is 123 Å². The van der Waals surface area contributed by atoms with Crippen molar-refractivity contribution in [1.29, 1.82) is 0 Å². The maximum absolute atomic E-state index is 11.8. The van der Waals surface area contributed by atoms with Crippen molar-refractivity contribution in [2.45, 2.75) is 45.1 Å². The van der Waals surface area contributed by atoms with Crippen LogP contribution in [0.4, 0.5) is 11.4 Å². The maximum atomic E-state index is 11.8. The van der Waals surface area contributed by atoms with Crippen LogP contribution in [0.5, 0.6) is 0 Å². The Morgan fingerprint density at radius 3 is 2.81 bits per heavy atom. The standard InChI is InChI=1S/C15H20N2O4/c1-10-5-6-13(17(20)21)12(8-10)16-15(14(18)19)7-3-4-11(2)9-15/h5-6,8,11,16H,3-4,7,9H2,1-2H3,(H,18,19). The van der Waals surface area contributed by atoms with Crippen molar-refractivity contribution in [1.82, 2.24) is 0 Å². The SMILES string of the molecule is Cc1ccc([N+](=O)[O-])c(NC2(C(=O)O)CCCC(C)C2)c1. The second kappa shape index (κ2) is 5.71. The molecule has 6 heteroatoms. The largest absolute Gasteiger partial charge is 0.480 e. The zero-order valence-corrected chi connectivity index (χ0v) is 12.3. The number of hydrogen-bond acceptors (Lipinski definition) is 4. The summed E-state index contributed by atoms with van der Waals surface area (Å²) >= 11 is 0. The van der Waals surface area contributed by atoms with E-state index in [1.165, 1.54) is 6.07 Å². The fourth-order valence-electron chi connectivity index (χ4n) is 3.08. The number of carboxylic acids is 1. The fraction of sp³-hybridized carbons (Fsp3) is 0.533. The van der Waals surface area contributed by atoms with E-state index in [2.05, 4.69) is 5.32 Å². The number of nitro groups is 1. The number of aryl methyl sites for hydroxylation is 1. The normalized spacial score (nSPS) is 25.3. The number of carbonyl (C=O) groups is 1. The molecule has 1 aliphatic carbocycles. The van der Waals surface area contributed by atoms with Crippen LogP contribution in [0, 0.1) is 23.0 Å². The first-order chi connectivity index (χ1) is 9.84. The van der Waals surface area contributed by atoms with Gasteiger partial charge < -0.3 is 10.4 Å². The molecule has 2 N–H and O–H groups in total. The Hall–Kier alpha value is -2.11. The van der Waals surface area contributed by atoms with Gasteiger partial charge in [-0.05, 0) is 37.3 Å². The van der Waals surface area contributed by atoms with Crippen molar-refractivity contribution < 1.29 is 14.8 Å². The first-order valence-electron chi connectivity index (χ1n) is 7.11. The minimum atomic E-state index is -1.11. The molecule has 0 radical (unpaired) electrons. The summed E-state index contributed by atoms with van der Waals surface area (Å²) in [5.41, 5.74) is -0.0561. The minimum absolute atomic E-state index is 0.0838. The van der Waals surface area contributed by atoms with Crippen molar-refractivity contribution >= 4 is 17.3 Å². The summed E-state index contributed by atoms with van der Waals surface area (Å²) in [7, 11) is 0. The van der Waals surface area contributed by atoms with Crippen LogP contribution in [0.2, 0.25) is 0 Å². The van der Waals surface area contributed by atoms with E-state index in [1.54, 1.807) is 12.1 Å². The lowest BCUT2D eigenvalue weighted by atomic mass is 9.76. The molecule has 2 atom stereocenters. The summed E-state index contributed by atoms with van der Waals surface area (Å²) in [6.45, 7) is 3.84. The lowest BCUT2D eigenvalue weighted by molar-refractivity contribution is -0.384. The number of nitrogens with one attached hydrogen (secondary N) is 1. The number of rotatable bonds is 4. The number of benzene rings is 1. The average molecular weight is 292 g/mol. The van der Waals surface area contributed by atoms with Crippen molar-refractivity contribution in [2.24, 2.45) is 5.92 Å². The topological polar surface area (TPSA) is 92.5 Å². The predicted molar refractivity (Wildman–Crippen MR) is 79.5 cm³/mol. The van der Waals surface area contributed by atoms with Gasteiger partial charge in [-0.15, -0.1) is 0 Å². The summed E-state index contributed by atoms with van der Waals surface area (Å²) in [6.07, 6.45) is 2.76. The van der Waals surface area contributed by atoms with Crippen molar-refractivity contribution in [3.63, 3.8) is 0 Å². The van der Waals surface area contributed by atoms with E-state index in [0.717, 1.165) is 18.4 Å². The van der Waals surface area contributed by atoms with Crippen molar-refractivity contribution in [3.05, 3.63) is 33.9 Å². The van der Waals surface area contributed by atoms with Crippen molar-refractivity contribution in [3.8, 4) is 0 Å². The molecule has 1 aromatic carbocycles. The molecule has 2 rings (SSSR count). The van der Waals surface area contributed by atoms with E-state index in [9.17, 15) is 20.0 Å². The lowest BCUT2D eigenvalue weighted by Gasteiger charge is -2.37. The Morgan fingerprint density at radius 2 is 2.24 bits per heavy atom. The molecule has 114 valence electrons. The Balaban J connectivity index is 2.40. The molecule has 0 aliphatic heterocycles. The predicted octanol–water partition coefficient (Wildman–Crippen LogP) is 3.35. The number of nitrogens with zero attached hydrogens (tertiary/aromatic N) is 1. The zero-order chi connectivity index (χ0) is 15.6. The fourth-order valence-corrected chi connectivity index (χ4v) is 3.08. The average Bonchev–Trinajstić information content (AvgIpc) is 2.38. The first-order valence-corrected chi connectivity index (χ1v) is 7.11. The van der Waals surface area contributed by atoms with Gasteiger partial charge >= 0.3 is 5.97 Å². The lowest BCUT2D eigenvalue weighted by Crippen LogP contribution is -2.49. The molecular weight excluding hydrogens is 272 g/mol. The number of carboxylic acid groups (broad SMARTS) is 1. The third-order valence-electron chi connectivity index (χ3n) is 4.13. The van der Waals surface area contributed by atoms with Gasteiger partial charge in [0.15, 0.2) is 0 Å². The van der Waals surface area contributed by atoms with Crippen LogP contribution in [-0.4, -0.2) is 21.5 Å². The van der Waals surface area contributed by atoms with Gasteiger partial charge in [-0.25, -0.2) is 4.79 Å². The summed E-state index contributed by atoms with van der Waals surface area (Å²) in [5, 5.41) is 23.7. The van der Waals surface area contributed by atoms with E-state index in [1.807, 2.05) is 13.8 Å². The van der Waals surface area contributed by atoms with Gasteiger partial charge in [-0.3, -0.25) is 10.1 Å². The molecular formula is C15H20N2O4. The molecule has 0 amide bonds. The van der Waals surface area contributed by atoms with Gasteiger partial charge in [-0.1, -0.05) is 25.8 Å². The number of hydrogen-bond donors (Lipinski definition) is 2. The summed E-state index contributed by atoms with van der Waals surface area (Å²) < 4.78 is 0. The van der Waals surface area contributed by atoms with Crippen LogP contribution in [0.25, 0.3) is 0 Å². The highest BCUT2D eigenvalue weighted by atomic mass is 16.6. The monoisotopic (exact) mass is 292 g/mol. The van der Waals surface area contributed by atoms with Crippen LogP contribution in [0.1, 0.15) is 38.2 Å². The van der Waals surface area contributed by atoms with Gasteiger partial charge in [0.05, 0.1) is 4.92 Å². The molecule has 0 aromatic heterocycles. The van der Waals surface area contributed by atoms with E-state index in [-0.39, 0.29) is 17.3 Å². The van der Waals surface area contributed by atoms with Crippen LogP contribution < -0.4 is 5.32 Å². The van der Waals surface area contributed by atoms with E-state index in [0.29, 0.717) is 12.8 Å². The quantitative estimate of drug-likeness (QED) is 0.655. The van der Waals surface area contributed by atoms with E-state index < -0.39 is 16.4 Å². The molecule has 0 spiro atoms. The molecule has 1 saturated carbocycles. The third-order valence-corrected chi connectivity index (χ3v) is 4.13. The molecule has 21 heavy (non-hydrogen) atoms. The number of aliphatic carboxylic acids is 1. The molecule has 1 aromatic rings. The molecule has 2 unspecified atom stereocenters. The highest BCUT2D eigenvalue weighted by Crippen LogP contribution is 2.37. The van der Waals surface area contributed by atoms with Gasteiger partial charge in [-0.2, -0.15) is 0 Å². The van der Waals surface area contributed by atoms with E-state index >= 15 is 0 Å². The minimum Gasteiger partial charge on any atom is -0.480 e. The van der Waals surface area contributed by atoms with Gasteiger partial charge in [0.1, 0.15) is 11.2 Å². The van der Waals surface area contributed by atoms with Crippen molar-refractivity contribution in [2.75, 3.05) is 5.32 Å². The highest BCUT2D eigenvalue weighted by molar-refractivity contribution is 5.84. The Morgan fingerprint density at radius 1 is 1.52 bits per heavy atom. The van der Waals surface area contributed by atoms with E-state index in [4.69, 9.17) is 0 Å². The maximum Gasteiger partial charge on any atom is 0.329 e. The Kier molecular flexibility index (Phi) is 4.16. The first kappa shape index (κ1) is 15.3. The molecule has 1 fully saturated rings. The third kappa shape index (κ3) is 3.15. The van der Waals surface area contributed by atoms with Gasteiger partial charge in [0.2, 0.25) is 0 Å². The van der Waals surface area contributed by atoms with Gasteiger partial charge in [0, 0.05) is 6.07 Å². The molecule has 0 bridgehead atoms. The molecule has 1 aliphatic rings. The smallest absolute Gasteiger partial charge is 0.329 e. The van der Waals surface area contributed by atoms with Crippen LogP contribution >= 0.6 is 0 Å². The summed E-state index contributed by atoms with van der Waals surface area (Å²) in [5.74, 6) is -0.656. The Bertz CT molecular complexity index is 573. The van der Waals surface area contributed by atoms with Crippen LogP contribution in [-0.2, 0) is 4.79 Å². The number of anilines is 1. The second-order valence-electron chi connectivity index (χ2n) is 5.99. The van der Waals surface area contributed by atoms with Crippen LogP contribution in [0.15, 0.2) is 18.2 Å². The highest BCUT2D eigenvalue weighted by Gasteiger charge is 2.42. The van der Waals surface area contributed by atoms with Crippen LogP contribution in [0.3, 0.4) is 0 Å². The second-order valence-corrected chi connectivity index (χ2v) is 5.99. The molecule has 0 saturated heterocycles. The summed E-state index contributed by atoms with van der Waals surface area (Å²) in [6, 6.07) is 4.71. The zero-order valence-electron chi connectivity index (χ0n) is 12.3.